The zero-order chi connectivity index (χ0) is 27.5. The first-order chi connectivity index (χ1) is 17.9. The number of nitro groups is 1. The van der Waals surface area contributed by atoms with Crippen molar-refractivity contribution in [3.63, 3.8) is 0 Å². The van der Waals surface area contributed by atoms with Gasteiger partial charge in [-0.3, -0.25) is 24.5 Å². The first kappa shape index (κ1) is 24.9. The minimum absolute atomic E-state index is 0.0204. The van der Waals surface area contributed by atoms with E-state index in [4.69, 9.17) is 5.73 Å². The number of primary amides is 1. The van der Waals surface area contributed by atoms with Crippen molar-refractivity contribution < 1.29 is 39.7 Å². The summed E-state index contributed by atoms with van der Waals surface area (Å²) in [6, 6.07) is 8.88. The van der Waals surface area contributed by atoms with Crippen molar-refractivity contribution in [3.05, 3.63) is 85.7 Å². The van der Waals surface area contributed by atoms with Crippen molar-refractivity contribution >= 4 is 41.1 Å². The Morgan fingerprint density at radius 3 is 2.53 bits per heavy atom. The van der Waals surface area contributed by atoms with E-state index in [-0.39, 0.29) is 35.4 Å². The second-order valence-electron chi connectivity index (χ2n) is 9.62. The molecular weight excluding hydrogens is 496 g/mol. The number of nitrogens with two attached hydrogens (primary N) is 1. The van der Waals surface area contributed by atoms with Gasteiger partial charge in [0.25, 0.3) is 11.6 Å². The lowest BCUT2D eigenvalue weighted by atomic mass is 9.59. The monoisotopic (exact) mass is 518 g/mol. The lowest BCUT2D eigenvalue weighted by molar-refractivity contribution is -0.384. The van der Waals surface area contributed by atoms with E-state index in [0.717, 1.165) is 0 Å². The highest BCUT2D eigenvalue weighted by Gasteiger charge is 2.60. The maximum atomic E-state index is 13.5. The van der Waals surface area contributed by atoms with Crippen LogP contribution in [0.2, 0.25) is 0 Å². The van der Waals surface area contributed by atoms with Gasteiger partial charge in [-0.25, -0.2) is 0 Å². The van der Waals surface area contributed by atoms with Gasteiger partial charge in [-0.1, -0.05) is 30.4 Å². The van der Waals surface area contributed by atoms with Crippen LogP contribution in [0.15, 0.2) is 53.3 Å². The molecule has 194 valence electrons. The largest absolute Gasteiger partial charge is 0.508 e. The number of ketones is 2. The van der Waals surface area contributed by atoms with Gasteiger partial charge in [0.1, 0.15) is 22.8 Å². The fourth-order valence-electron chi connectivity index (χ4n) is 5.73. The lowest BCUT2D eigenvalue weighted by Gasteiger charge is -2.46. The third-order valence-corrected chi connectivity index (χ3v) is 7.52. The maximum Gasteiger partial charge on any atom is 0.270 e. The van der Waals surface area contributed by atoms with Crippen LogP contribution in [0.25, 0.3) is 17.9 Å². The lowest BCUT2D eigenvalue weighted by Crippen LogP contribution is -2.58. The first-order valence-corrected chi connectivity index (χ1v) is 11.7. The molecule has 0 radical (unpaired) electrons. The number of carbonyl (C=O) groups excluding carboxylic acids is 3. The SMILES string of the molecule is NC(=O)C1=C(O)[C@@]2(O)C(=O)C3=C(O)c4c(O)ccc(/C=C/c5cccc([N+](=O)[O-])c5)c4C[C@H]3C[C@H]2CC1=O. The molecular formula is C27H22N2O9. The number of nitro benzene ring substituents is 1. The van der Waals surface area contributed by atoms with Crippen LogP contribution in [-0.2, 0) is 20.8 Å². The molecule has 1 saturated carbocycles. The molecule has 0 aliphatic heterocycles. The summed E-state index contributed by atoms with van der Waals surface area (Å²) < 4.78 is 0. The molecule has 0 heterocycles. The number of phenols is 1. The highest BCUT2D eigenvalue weighted by atomic mass is 16.6. The van der Waals surface area contributed by atoms with E-state index in [1.54, 1.807) is 30.4 Å². The van der Waals surface area contributed by atoms with Crippen molar-refractivity contribution in [2.45, 2.75) is 24.9 Å². The fourth-order valence-corrected chi connectivity index (χ4v) is 5.73. The minimum atomic E-state index is -2.62. The average Bonchev–Trinajstić information content (AvgIpc) is 2.85. The second-order valence-corrected chi connectivity index (χ2v) is 9.62. The minimum Gasteiger partial charge on any atom is -0.508 e. The number of carbonyl (C=O) groups is 3. The van der Waals surface area contributed by atoms with E-state index in [1.807, 2.05) is 0 Å². The van der Waals surface area contributed by atoms with Crippen molar-refractivity contribution in [1.82, 2.24) is 0 Å². The molecule has 5 rings (SSSR count). The van der Waals surface area contributed by atoms with Crippen molar-refractivity contribution in [3.8, 4) is 5.75 Å². The Morgan fingerprint density at radius 1 is 1.11 bits per heavy atom. The predicted molar refractivity (Wildman–Crippen MR) is 133 cm³/mol. The Hall–Kier alpha value is -4.77. The summed E-state index contributed by atoms with van der Waals surface area (Å²) >= 11 is 0. The predicted octanol–water partition coefficient (Wildman–Crippen LogP) is 2.50. The number of Topliss-reactive ketones (excluding diaryl/α,β-unsaturated/α-hetero) is 2. The topological polar surface area (TPSA) is 201 Å². The molecule has 6 N–H and O–H groups in total. The smallest absolute Gasteiger partial charge is 0.270 e. The summed E-state index contributed by atoms with van der Waals surface area (Å²) in [6.45, 7) is 0. The summed E-state index contributed by atoms with van der Waals surface area (Å²) in [5.41, 5.74) is 3.00. The zero-order valence-corrected chi connectivity index (χ0v) is 19.7. The number of non-ortho nitro benzene ring substituents is 1. The molecule has 3 aliphatic rings. The normalized spacial score (nSPS) is 24.8. The van der Waals surface area contributed by atoms with Gasteiger partial charge in [0.2, 0.25) is 5.78 Å². The fraction of sp³-hybridized carbons (Fsp3) is 0.222. The van der Waals surface area contributed by atoms with Crippen molar-refractivity contribution in [2.24, 2.45) is 17.6 Å². The van der Waals surface area contributed by atoms with Gasteiger partial charge >= 0.3 is 0 Å². The summed E-state index contributed by atoms with van der Waals surface area (Å²) in [7, 11) is 0. The molecule has 0 spiro atoms. The highest BCUT2D eigenvalue weighted by Crippen LogP contribution is 2.52. The number of amides is 1. The number of hydrogen-bond donors (Lipinski definition) is 5. The van der Waals surface area contributed by atoms with Gasteiger partial charge in [-0.05, 0) is 41.5 Å². The third-order valence-electron chi connectivity index (χ3n) is 7.52. The molecule has 38 heavy (non-hydrogen) atoms. The molecule has 3 atom stereocenters. The Kier molecular flexibility index (Phi) is 5.68. The number of phenolic OH excluding ortho intramolecular Hbond substituents is 1. The number of hydrogen-bond acceptors (Lipinski definition) is 9. The zero-order valence-electron chi connectivity index (χ0n) is 19.7. The Morgan fingerprint density at radius 2 is 1.84 bits per heavy atom. The van der Waals surface area contributed by atoms with E-state index < -0.39 is 63.3 Å². The van der Waals surface area contributed by atoms with E-state index in [9.17, 15) is 44.9 Å². The maximum absolute atomic E-state index is 13.5. The molecule has 0 aromatic heterocycles. The van der Waals surface area contributed by atoms with Crippen molar-refractivity contribution in [1.29, 1.82) is 0 Å². The first-order valence-electron chi connectivity index (χ1n) is 11.7. The van der Waals surface area contributed by atoms with Gasteiger partial charge in [0.05, 0.1) is 10.5 Å². The Bertz CT molecular complexity index is 1550. The molecule has 3 aliphatic carbocycles. The standard InChI is InChI=1S/C27H22N2O9/c28-26(35)22-19(31)11-15-9-14-10-17-13(5-4-12-2-1-3-16(8-12)29(37)38)6-7-18(30)21(17)23(32)20(14)24(33)27(15,36)25(22)34/h1-8,14-15,30,32,34,36H,9-11H2,(H2,28,35)/b5-4+/t14-,15+,27+/m1/s1. The number of rotatable bonds is 4. The van der Waals surface area contributed by atoms with E-state index in [0.29, 0.717) is 16.7 Å². The van der Waals surface area contributed by atoms with Gasteiger partial charge in [-0.15, -0.1) is 0 Å². The Labute approximate surface area is 215 Å². The van der Waals surface area contributed by atoms with E-state index in [1.165, 1.54) is 18.2 Å². The summed E-state index contributed by atoms with van der Waals surface area (Å²) in [4.78, 5) is 48.3. The number of nitrogens with zero attached hydrogens (tertiary/aromatic N) is 1. The van der Waals surface area contributed by atoms with Gasteiger partial charge < -0.3 is 26.2 Å². The van der Waals surface area contributed by atoms with Crippen LogP contribution in [0.5, 0.6) is 5.75 Å². The number of aromatic hydroxyl groups is 1. The van der Waals surface area contributed by atoms with E-state index in [2.05, 4.69) is 0 Å². The van der Waals surface area contributed by atoms with Crippen LogP contribution in [0, 0.1) is 22.0 Å². The van der Waals surface area contributed by atoms with Crippen LogP contribution in [0.4, 0.5) is 5.69 Å². The van der Waals surface area contributed by atoms with Gasteiger partial charge in [0, 0.05) is 30.0 Å². The number of aliphatic hydroxyl groups excluding tert-OH is 2. The Balaban J connectivity index is 1.61. The molecule has 1 fully saturated rings. The van der Waals surface area contributed by atoms with Crippen LogP contribution >= 0.6 is 0 Å². The molecule has 1 amide bonds. The van der Waals surface area contributed by atoms with Crippen LogP contribution in [0.3, 0.4) is 0 Å². The molecule has 11 nitrogen and oxygen atoms in total. The van der Waals surface area contributed by atoms with Gasteiger partial charge in [-0.2, -0.15) is 0 Å². The third kappa shape index (κ3) is 3.58. The summed E-state index contributed by atoms with van der Waals surface area (Å²) in [5, 5.41) is 54.7. The summed E-state index contributed by atoms with van der Waals surface area (Å²) in [5.74, 6) is -6.89. The molecule has 0 bridgehead atoms. The molecule has 2 aromatic carbocycles. The van der Waals surface area contributed by atoms with Crippen LogP contribution in [-0.4, -0.2) is 48.4 Å². The van der Waals surface area contributed by atoms with Crippen LogP contribution < -0.4 is 5.73 Å². The highest BCUT2D eigenvalue weighted by molar-refractivity contribution is 6.22. The molecule has 0 unspecified atom stereocenters. The average molecular weight is 518 g/mol. The number of aliphatic hydroxyl groups is 3. The molecule has 0 saturated heterocycles. The van der Waals surface area contributed by atoms with E-state index >= 15 is 0 Å². The summed E-state index contributed by atoms with van der Waals surface area (Å²) in [6.07, 6.45) is 3.06. The van der Waals surface area contributed by atoms with Crippen LogP contribution in [0.1, 0.15) is 35.1 Å². The number of fused-ring (bicyclic) bond motifs is 3. The van der Waals surface area contributed by atoms with Crippen molar-refractivity contribution in [2.75, 3.05) is 0 Å². The second kappa shape index (κ2) is 8.67. The number of benzene rings is 2. The molecule has 2 aromatic rings. The quantitative estimate of drug-likeness (QED) is 0.174. The van der Waals surface area contributed by atoms with Gasteiger partial charge in [0.15, 0.2) is 11.4 Å². The molecule has 11 heteroatoms.